The van der Waals surface area contributed by atoms with Crippen LogP contribution in [-0.4, -0.2) is 19.8 Å². The van der Waals surface area contributed by atoms with Crippen LogP contribution in [0.5, 0.6) is 0 Å². The fourth-order valence-corrected chi connectivity index (χ4v) is 1.57. The largest absolute Gasteiger partial charge is 0.397 e. The van der Waals surface area contributed by atoms with Crippen molar-refractivity contribution in [2.24, 2.45) is 5.92 Å². The number of anilines is 2. The zero-order valence-corrected chi connectivity index (χ0v) is 11.3. The molecule has 0 saturated heterocycles. The molecule has 0 amide bonds. The number of aryl methyl sites for hydroxylation is 2. The summed E-state index contributed by atoms with van der Waals surface area (Å²) in [7, 11) is 0. The van der Waals surface area contributed by atoms with Crippen molar-refractivity contribution >= 4 is 11.4 Å². The minimum atomic E-state index is 0.585. The summed E-state index contributed by atoms with van der Waals surface area (Å²) in [5, 5.41) is 3.30. The van der Waals surface area contributed by atoms with E-state index in [1.165, 1.54) is 11.1 Å². The van der Waals surface area contributed by atoms with Crippen molar-refractivity contribution in [2.45, 2.75) is 27.7 Å². The first-order valence-electron chi connectivity index (χ1n) is 6.19. The first-order valence-corrected chi connectivity index (χ1v) is 6.19. The van der Waals surface area contributed by atoms with Gasteiger partial charge in [0.2, 0.25) is 0 Å². The highest BCUT2D eigenvalue weighted by Crippen LogP contribution is 2.22. The Kier molecular flexibility index (Phi) is 5.29. The second-order valence-corrected chi connectivity index (χ2v) is 4.92. The average molecular weight is 236 g/mol. The molecule has 1 aromatic carbocycles. The number of benzene rings is 1. The van der Waals surface area contributed by atoms with Gasteiger partial charge >= 0.3 is 0 Å². The van der Waals surface area contributed by atoms with E-state index in [1.807, 2.05) is 6.07 Å². The molecule has 0 fully saturated rings. The Morgan fingerprint density at radius 2 is 1.88 bits per heavy atom. The molecule has 0 aliphatic rings. The van der Waals surface area contributed by atoms with Crippen molar-refractivity contribution in [2.75, 3.05) is 30.8 Å². The number of nitrogen functional groups attached to an aromatic ring is 1. The maximum absolute atomic E-state index is 5.95. The summed E-state index contributed by atoms with van der Waals surface area (Å²) in [5.74, 6) is 0.585. The molecule has 0 heterocycles. The van der Waals surface area contributed by atoms with Gasteiger partial charge in [0.05, 0.1) is 18.0 Å². The van der Waals surface area contributed by atoms with Gasteiger partial charge in [0.1, 0.15) is 0 Å². The minimum absolute atomic E-state index is 0.585. The van der Waals surface area contributed by atoms with Crippen LogP contribution < -0.4 is 11.1 Å². The SMILES string of the molecule is Cc1cc(N)c(NCCOCC(C)C)cc1C. The van der Waals surface area contributed by atoms with Gasteiger partial charge < -0.3 is 15.8 Å². The standard InChI is InChI=1S/C14H24N2O/c1-10(2)9-17-6-5-16-14-8-12(4)11(3)7-13(14)15/h7-8,10,16H,5-6,9,15H2,1-4H3. The number of nitrogens with one attached hydrogen (secondary N) is 1. The Morgan fingerprint density at radius 3 is 2.53 bits per heavy atom. The molecule has 0 saturated carbocycles. The van der Waals surface area contributed by atoms with E-state index in [0.29, 0.717) is 12.5 Å². The summed E-state index contributed by atoms with van der Waals surface area (Å²) in [6.07, 6.45) is 0. The molecule has 96 valence electrons. The molecule has 3 N–H and O–H groups in total. The molecule has 0 spiro atoms. The van der Waals surface area contributed by atoms with Crippen LogP contribution in [0.3, 0.4) is 0 Å². The minimum Gasteiger partial charge on any atom is -0.397 e. The molecule has 0 radical (unpaired) electrons. The third-order valence-corrected chi connectivity index (χ3v) is 2.68. The predicted octanol–water partition coefficient (Wildman–Crippen LogP) is 2.97. The van der Waals surface area contributed by atoms with E-state index in [-0.39, 0.29) is 0 Å². The molecule has 0 bridgehead atoms. The molecule has 1 rings (SSSR count). The van der Waals surface area contributed by atoms with Crippen LogP contribution in [0.25, 0.3) is 0 Å². The molecule has 3 heteroatoms. The fraction of sp³-hybridized carbons (Fsp3) is 0.571. The maximum Gasteiger partial charge on any atom is 0.0639 e. The Morgan fingerprint density at radius 1 is 1.24 bits per heavy atom. The van der Waals surface area contributed by atoms with E-state index in [2.05, 4.69) is 39.1 Å². The number of hydrogen-bond donors (Lipinski definition) is 2. The molecule has 0 unspecified atom stereocenters. The maximum atomic E-state index is 5.95. The van der Waals surface area contributed by atoms with Crippen LogP contribution in [0.1, 0.15) is 25.0 Å². The summed E-state index contributed by atoms with van der Waals surface area (Å²) in [6, 6.07) is 4.10. The van der Waals surface area contributed by atoms with Crippen molar-refractivity contribution < 1.29 is 4.74 Å². The molecular formula is C14H24N2O. The molecule has 0 aliphatic heterocycles. The van der Waals surface area contributed by atoms with Crippen molar-refractivity contribution in [1.29, 1.82) is 0 Å². The number of rotatable bonds is 6. The number of nitrogens with two attached hydrogens (primary N) is 1. The van der Waals surface area contributed by atoms with Crippen LogP contribution in [0, 0.1) is 19.8 Å². The summed E-state index contributed by atoms with van der Waals surface area (Å²) in [4.78, 5) is 0. The smallest absolute Gasteiger partial charge is 0.0639 e. The summed E-state index contributed by atoms with van der Waals surface area (Å²) < 4.78 is 5.51. The van der Waals surface area contributed by atoms with E-state index in [9.17, 15) is 0 Å². The van der Waals surface area contributed by atoms with Gasteiger partial charge in [-0.2, -0.15) is 0 Å². The Labute approximate surface area is 104 Å². The monoisotopic (exact) mass is 236 g/mol. The van der Waals surface area contributed by atoms with Crippen LogP contribution >= 0.6 is 0 Å². The highest BCUT2D eigenvalue weighted by molar-refractivity contribution is 5.68. The van der Waals surface area contributed by atoms with Crippen LogP contribution in [0.4, 0.5) is 11.4 Å². The van der Waals surface area contributed by atoms with E-state index in [4.69, 9.17) is 10.5 Å². The lowest BCUT2D eigenvalue weighted by molar-refractivity contribution is 0.118. The molecule has 0 aliphatic carbocycles. The van der Waals surface area contributed by atoms with Gasteiger partial charge in [-0.1, -0.05) is 13.8 Å². The van der Waals surface area contributed by atoms with Crippen molar-refractivity contribution in [3.05, 3.63) is 23.3 Å². The predicted molar refractivity (Wildman–Crippen MR) is 74.5 cm³/mol. The lowest BCUT2D eigenvalue weighted by Crippen LogP contribution is -2.13. The van der Waals surface area contributed by atoms with E-state index in [1.54, 1.807) is 0 Å². The van der Waals surface area contributed by atoms with Gasteiger partial charge in [-0.05, 0) is 43.0 Å². The molecule has 17 heavy (non-hydrogen) atoms. The second kappa shape index (κ2) is 6.50. The summed E-state index contributed by atoms with van der Waals surface area (Å²) >= 11 is 0. The van der Waals surface area contributed by atoms with Gasteiger partial charge in [-0.3, -0.25) is 0 Å². The lowest BCUT2D eigenvalue weighted by Gasteiger charge is -2.12. The zero-order chi connectivity index (χ0) is 12.8. The Hall–Kier alpha value is -1.22. The van der Waals surface area contributed by atoms with Crippen LogP contribution in [-0.2, 0) is 4.74 Å². The summed E-state index contributed by atoms with van der Waals surface area (Å²) in [5.41, 5.74) is 10.2. The molecule has 0 atom stereocenters. The third kappa shape index (κ3) is 4.65. The van der Waals surface area contributed by atoms with E-state index >= 15 is 0 Å². The number of hydrogen-bond acceptors (Lipinski definition) is 3. The van der Waals surface area contributed by atoms with E-state index < -0.39 is 0 Å². The second-order valence-electron chi connectivity index (χ2n) is 4.92. The highest BCUT2D eigenvalue weighted by Gasteiger charge is 2.01. The van der Waals surface area contributed by atoms with Crippen molar-refractivity contribution in [3.8, 4) is 0 Å². The topological polar surface area (TPSA) is 47.3 Å². The average Bonchev–Trinajstić information content (AvgIpc) is 2.24. The van der Waals surface area contributed by atoms with E-state index in [0.717, 1.165) is 24.5 Å². The Balaban J connectivity index is 2.39. The van der Waals surface area contributed by atoms with Gasteiger partial charge in [-0.15, -0.1) is 0 Å². The van der Waals surface area contributed by atoms with Crippen molar-refractivity contribution in [3.63, 3.8) is 0 Å². The Bertz CT molecular complexity index is 361. The van der Waals surface area contributed by atoms with Crippen LogP contribution in [0.15, 0.2) is 12.1 Å². The van der Waals surface area contributed by atoms with Crippen LogP contribution in [0.2, 0.25) is 0 Å². The normalized spacial score (nSPS) is 10.9. The summed E-state index contributed by atoms with van der Waals surface area (Å²) in [6.45, 7) is 10.8. The van der Waals surface area contributed by atoms with Gasteiger partial charge in [-0.25, -0.2) is 0 Å². The molecule has 3 nitrogen and oxygen atoms in total. The molecular weight excluding hydrogens is 212 g/mol. The van der Waals surface area contributed by atoms with Gasteiger partial charge in [0.25, 0.3) is 0 Å². The molecule has 0 aromatic heterocycles. The van der Waals surface area contributed by atoms with Gasteiger partial charge in [0, 0.05) is 13.2 Å². The lowest BCUT2D eigenvalue weighted by atomic mass is 10.1. The number of ether oxygens (including phenoxy) is 1. The zero-order valence-electron chi connectivity index (χ0n) is 11.3. The molecule has 1 aromatic rings. The highest BCUT2D eigenvalue weighted by atomic mass is 16.5. The fourth-order valence-electron chi connectivity index (χ4n) is 1.57. The third-order valence-electron chi connectivity index (χ3n) is 2.68. The first-order chi connectivity index (χ1) is 8.00. The van der Waals surface area contributed by atoms with Gasteiger partial charge in [0.15, 0.2) is 0 Å². The first kappa shape index (κ1) is 13.8. The quantitative estimate of drug-likeness (QED) is 0.589. The van der Waals surface area contributed by atoms with Crippen molar-refractivity contribution in [1.82, 2.24) is 0 Å².